The summed E-state index contributed by atoms with van der Waals surface area (Å²) in [6.07, 6.45) is 0.202. The molecule has 0 spiro atoms. The van der Waals surface area contributed by atoms with Crippen LogP contribution in [0, 0.1) is 0 Å². The summed E-state index contributed by atoms with van der Waals surface area (Å²) in [6.45, 7) is 1.86. The van der Waals surface area contributed by atoms with Crippen molar-refractivity contribution in [1.82, 2.24) is 9.88 Å². The van der Waals surface area contributed by atoms with E-state index in [9.17, 15) is 9.59 Å². The molecule has 7 nitrogen and oxygen atoms in total. The number of hydrogen-bond acceptors (Lipinski definition) is 5. The maximum atomic E-state index is 12.7. The predicted octanol–water partition coefficient (Wildman–Crippen LogP) is 2.88. The second-order valence-corrected chi connectivity index (χ2v) is 7.30. The molecule has 1 aromatic heterocycles. The first-order valence-electron chi connectivity index (χ1n) is 9.25. The van der Waals surface area contributed by atoms with Crippen LogP contribution in [0.2, 0.25) is 0 Å². The molecule has 7 heteroatoms. The number of nitrogens with two attached hydrogens (primary N) is 1. The molecule has 3 N–H and O–H groups in total. The number of para-hydroxylation sites is 1. The third-order valence-electron chi connectivity index (χ3n) is 5.15. The number of fused-ring (bicyclic) bond motifs is 1. The van der Waals surface area contributed by atoms with Crippen molar-refractivity contribution in [3.05, 3.63) is 71.9 Å². The van der Waals surface area contributed by atoms with Gasteiger partial charge in [0.05, 0.1) is 17.5 Å². The molecule has 0 saturated heterocycles. The summed E-state index contributed by atoms with van der Waals surface area (Å²) >= 11 is 0. The van der Waals surface area contributed by atoms with Gasteiger partial charge in [-0.2, -0.15) is 0 Å². The van der Waals surface area contributed by atoms with Crippen LogP contribution in [-0.2, 0) is 10.3 Å². The standard InChI is InChI=1S/C22H21N5O2/c1-22(13-19(28)27(2)21(23)26-22)15-7-5-8-16(12-15)24-20(29)18-11-10-14-6-3-4-9-17(14)25-18/h3-12H,13H2,1-2H3,(H2,23,26)(H,24,29)/t22-/m0/s1. The maximum absolute atomic E-state index is 12.7. The zero-order valence-corrected chi connectivity index (χ0v) is 16.2. The van der Waals surface area contributed by atoms with Crippen LogP contribution in [0.1, 0.15) is 29.4 Å². The average Bonchev–Trinajstić information content (AvgIpc) is 2.72. The highest BCUT2D eigenvalue weighted by Crippen LogP contribution is 2.34. The Bertz CT molecular complexity index is 1160. The molecular formula is C22H21N5O2. The van der Waals surface area contributed by atoms with Gasteiger partial charge in [-0.05, 0) is 36.8 Å². The minimum Gasteiger partial charge on any atom is -0.369 e. The number of pyridine rings is 1. The Hall–Kier alpha value is -3.74. The fourth-order valence-corrected chi connectivity index (χ4v) is 3.39. The molecular weight excluding hydrogens is 366 g/mol. The molecule has 2 heterocycles. The van der Waals surface area contributed by atoms with Gasteiger partial charge in [0.1, 0.15) is 5.69 Å². The van der Waals surface area contributed by atoms with E-state index >= 15 is 0 Å². The molecule has 29 heavy (non-hydrogen) atoms. The van der Waals surface area contributed by atoms with E-state index < -0.39 is 5.54 Å². The Kier molecular flexibility index (Phi) is 4.50. The molecule has 0 bridgehead atoms. The maximum Gasteiger partial charge on any atom is 0.274 e. The van der Waals surface area contributed by atoms with Crippen molar-refractivity contribution < 1.29 is 9.59 Å². The van der Waals surface area contributed by atoms with Gasteiger partial charge in [-0.25, -0.2) is 9.98 Å². The monoisotopic (exact) mass is 387 g/mol. The van der Waals surface area contributed by atoms with E-state index in [0.29, 0.717) is 11.4 Å². The largest absolute Gasteiger partial charge is 0.369 e. The van der Waals surface area contributed by atoms with Crippen molar-refractivity contribution in [2.24, 2.45) is 10.7 Å². The molecule has 0 unspecified atom stereocenters. The first-order chi connectivity index (χ1) is 13.9. The van der Waals surface area contributed by atoms with Gasteiger partial charge in [0.2, 0.25) is 5.91 Å². The number of aliphatic imine (C=N–C) groups is 1. The van der Waals surface area contributed by atoms with E-state index in [4.69, 9.17) is 5.73 Å². The molecule has 146 valence electrons. The Morgan fingerprint density at radius 1 is 1.14 bits per heavy atom. The van der Waals surface area contributed by atoms with E-state index in [1.807, 2.05) is 55.5 Å². The van der Waals surface area contributed by atoms with Crippen molar-refractivity contribution in [2.75, 3.05) is 12.4 Å². The fourth-order valence-electron chi connectivity index (χ4n) is 3.39. The Morgan fingerprint density at radius 2 is 1.93 bits per heavy atom. The molecule has 4 rings (SSSR count). The number of rotatable bonds is 3. The van der Waals surface area contributed by atoms with Gasteiger partial charge in [-0.1, -0.05) is 36.4 Å². The smallest absolute Gasteiger partial charge is 0.274 e. The predicted molar refractivity (Wildman–Crippen MR) is 112 cm³/mol. The number of amides is 2. The molecule has 3 aromatic rings. The van der Waals surface area contributed by atoms with Crippen LogP contribution in [-0.4, -0.2) is 34.7 Å². The number of hydrogen-bond donors (Lipinski definition) is 2. The highest BCUT2D eigenvalue weighted by molar-refractivity contribution is 6.04. The zero-order chi connectivity index (χ0) is 20.6. The van der Waals surface area contributed by atoms with Crippen LogP contribution in [0.15, 0.2) is 65.7 Å². The molecule has 0 saturated carbocycles. The molecule has 0 fully saturated rings. The number of anilines is 1. The van der Waals surface area contributed by atoms with Crippen molar-refractivity contribution in [2.45, 2.75) is 18.9 Å². The van der Waals surface area contributed by atoms with Crippen LogP contribution < -0.4 is 11.1 Å². The minimum absolute atomic E-state index is 0.102. The van der Waals surface area contributed by atoms with Crippen LogP contribution in [0.3, 0.4) is 0 Å². The summed E-state index contributed by atoms with van der Waals surface area (Å²) in [7, 11) is 1.61. The summed E-state index contributed by atoms with van der Waals surface area (Å²) in [6, 6.07) is 18.5. The van der Waals surface area contributed by atoms with Crippen molar-refractivity contribution >= 4 is 34.4 Å². The summed E-state index contributed by atoms with van der Waals surface area (Å²) < 4.78 is 0. The van der Waals surface area contributed by atoms with Crippen LogP contribution in [0.25, 0.3) is 10.9 Å². The zero-order valence-electron chi connectivity index (χ0n) is 16.2. The van der Waals surface area contributed by atoms with Gasteiger partial charge >= 0.3 is 0 Å². The lowest BCUT2D eigenvalue weighted by Crippen LogP contribution is -2.47. The van der Waals surface area contributed by atoms with Crippen molar-refractivity contribution in [3.63, 3.8) is 0 Å². The third-order valence-corrected chi connectivity index (χ3v) is 5.15. The summed E-state index contributed by atoms with van der Waals surface area (Å²) in [4.78, 5) is 35.2. The summed E-state index contributed by atoms with van der Waals surface area (Å²) in [5.74, 6) is -0.228. The van der Waals surface area contributed by atoms with E-state index in [1.54, 1.807) is 19.2 Å². The fraction of sp³-hybridized carbons (Fsp3) is 0.182. The highest BCUT2D eigenvalue weighted by atomic mass is 16.2. The van der Waals surface area contributed by atoms with E-state index in [2.05, 4.69) is 15.3 Å². The topological polar surface area (TPSA) is 101 Å². The third kappa shape index (κ3) is 3.54. The molecule has 0 radical (unpaired) electrons. The number of carbonyl (C=O) groups is 2. The van der Waals surface area contributed by atoms with Gasteiger partial charge < -0.3 is 11.1 Å². The number of nitrogens with one attached hydrogen (secondary N) is 1. The molecule has 1 aliphatic heterocycles. The lowest BCUT2D eigenvalue weighted by Gasteiger charge is -2.33. The van der Waals surface area contributed by atoms with Crippen LogP contribution >= 0.6 is 0 Å². The number of carbonyl (C=O) groups excluding carboxylic acids is 2. The minimum atomic E-state index is -0.782. The Morgan fingerprint density at radius 3 is 2.72 bits per heavy atom. The summed E-state index contributed by atoms with van der Waals surface area (Å²) in [5, 5.41) is 3.85. The average molecular weight is 387 g/mol. The van der Waals surface area contributed by atoms with Crippen LogP contribution in [0.4, 0.5) is 5.69 Å². The second kappa shape index (κ2) is 7.01. The van der Waals surface area contributed by atoms with Crippen molar-refractivity contribution in [3.8, 4) is 0 Å². The molecule has 2 amide bonds. The number of guanidine groups is 1. The van der Waals surface area contributed by atoms with Gasteiger partial charge in [0.15, 0.2) is 5.96 Å². The van der Waals surface area contributed by atoms with Crippen molar-refractivity contribution in [1.29, 1.82) is 0 Å². The Balaban J connectivity index is 1.60. The number of aromatic nitrogens is 1. The van der Waals surface area contributed by atoms with E-state index in [0.717, 1.165) is 16.5 Å². The highest BCUT2D eigenvalue weighted by Gasteiger charge is 2.36. The quantitative estimate of drug-likeness (QED) is 0.721. The SMILES string of the molecule is CN1C(=O)C[C@@](C)(c2cccc(NC(=O)c3ccc4ccccc4n3)c2)N=C1N. The number of nitrogens with zero attached hydrogens (tertiary/aromatic N) is 3. The molecule has 1 aliphatic rings. The Labute approximate surface area is 168 Å². The van der Waals surface area contributed by atoms with Gasteiger partial charge in [-0.3, -0.25) is 14.5 Å². The van der Waals surface area contributed by atoms with Gasteiger partial charge in [0, 0.05) is 18.1 Å². The van der Waals surface area contributed by atoms with Gasteiger partial charge in [0.25, 0.3) is 5.91 Å². The van der Waals surface area contributed by atoms with E-state index in [1.165, 1.54) is 4.90 Å². The first-order valence-corrected chi connectivity index (χ1v) is 9.25. The van der Waals surface area contributed by atoms with Gasteiger partial charge in [-0.15, -0.1) is 0 Å². The normalized spacial score (nSPS) is 19.2. The first kappa shape index (κ1) is 18.6. The molecule has 1 atom stereocenters. The number of benzene rings is 2. The lowest BCUT2D eigenvalue weighted by molar-refractivity contribution is -0.128. The van der Waals surface area contributed by atoms with Crippen LogP contribution in [0.5, 0.6) is 0 Å². The summed E-state index contributed by atoms with van der Waals surface area (Å²) in [5.41, 5.74) is 7.61. The second-order valence-electron chi connectivity index (χ2n) is 7.30. The molecule has 2 aromatic carbocycles. The van der Waals surface area contributed by atoms with E-state index in [-0.39, 0.29) is 24.2 Å². The molecule has 0 aliphatic carbocycles. The lowest BCUT2D eigenvalue weighted by atomic mass is 9.87.